The summed E-state index contributed by atoms with van der Waals surface area (Å²) in [4.78, 5) is 22.0. The Morgan fingerprint density at radius 3 is 2.18 bits per heavy atom. The molecule has 0 saturated carbocycles. The van der Waals surface area contributed by atoms with Gasteiger partial charge in [0.1, 0.15) is 11.3 Å². The first-order valence-electron chi connectivity index (χ1n) is 12.0. The van der Waals surface area contributed by atoms with Crippen molar-refractivity contribution in [3.05, 3.63) is 88.6 Å². The van der Waals surface area contributed by atoms with E-state index in [1.807, 2.05) is 32.9 Å². The molecule has 0 aliphatic rings. The Morgan fingerprint density at radius 1 is 0.846 bits per heavy atom. The monoisotopic (exact) mass is 551 g/mol. The minimum atomic E-state index is -4.25. The van der Waals surface area contributed by atoms with Crippen molar-refractivity contribution in [2.75, 3.05) is 14.2 Å². The molecule has 0 spiro atoms. The Morgan fingerprint density at radius 2 is 1.54 bits per heavy atom. The second-order valence-electron chi connectivity index (χ2n) is 8.97. The maximum absolute atomic E-state index is 13.3. The van der Waals surface area contributed by atoms with Crippen LogP contribution in [0.2, 0.25) is 0 Å². The lowest BCUT2D eigenvalue weighted by molar-refractivity contribution is 0.0978. The summed E-state index contributed by atoms with van der Waals surface area (Å²) in [5.74, 6) is 0.485. The molecule has 2 aromatic carbocycles. The number of hydrogen-bond acceptors (Lipinski definition) is 8. The number of aryl methyl sites for hydroxylation is 4. The van der Waals surface area contributed by atoms with E-state index in [9.17, 15) is 13.2 Å². The van der Waals surface area contributed by atoms with Crippen LogP contribution in [-0.4, -0.2) is 38.5 Å². The summed E-state index contributed by atoms with van der Waals surface area (Å²) in [6, 6.07) is 16.8. The number of carbonyl (C=O) groups is 1. The molecule has 0 unspecified atom stereocenters. The van der Waals surface area contributed by atoms with Crippen LogP contribution >= 0.6 is 0 Å². The zero-order valence-corrected chi connectivity index (χ0v) is 23.3. The summed E-state index contributed by atoms with van der Waals surface area (Å²) in [7, 11) is -1.21. The van der Waals surface area contributed by atoms with Crippen molar-refractivity contribution < 1.29 is 30.3 Å². The number of pyridine rings is 2. The van der Waals surface area contributed by atoms with Gasteiger partial charge in [-0.1, -0.05) is 29.8 Å². The summed E-state index contributed by atoms with van der Waals surface area (Å²) in [6.07, 6.45) is 0. The van der Waals surface area contributed by atoms with Gasteiger partial charge in [0.05, 0.1) is 19.9 Å². The molecule has 0 aliphatic heterocycles. The molecule has 39 heavy (non-hydrogen) atoms. The fourth-order valence-corrected chi connectivity index (χ4v) is 5.23. The molecule has 0 bridgehead atoms. The van der Waals surface area contributed by atoms with Crippen molar-refractivity contribution in [2.45, 2.75) is 32.7 Å². The molecule has 10 heteroatoms. The van der Waals surface area contributed by atoms with Gasteiger partial charge in [0.25, 0.3) is 15.9 Å². The highest BCUT2D eigenvalue weighted by molar-refractivity contribution is 7.90. The van der Waals surface area contributed by atoms with Gasteiger partial charge in [0.2, 0.25) is 5.88 Å². The van der Waals surface area contributed by atoms with E-state index in [0.29, 0.717) is 34.2 Å². The van der Waals surface area contributed by atoms with Gasteiger partial charge in [-0.3, -0.25) is 4.79 Å². The fourth-order valence-electron chi connectivity index (χ4n) is 4.25. The first kappa shape index (κ1) is 27.6. The second-order valence-corrected chi connectivity index (χ2v) is 10.6. The zero-order valence-electron chi connectivity index (χ0n) is 22.5. The molecule has 2 heterocycles. The lowest BCUT2D eigenvalue weighted by atomic mass is 10.1. The lowest BCUT2D eigenvalue weighted by Gasteiger charge is -2.17. The van der Waals surface area contributed by atoms with E-state index in [0.717, 1.165) is 16.7 Å². The molecule has 4 aromatic rings. The molecule has 206 valence electrons. The Hall–Kier alpha value is -4.44. The van der Waals surface area contributed by atoms with E-state index >= 15 is 0 Å². The number of sulfonamides is 1. The van der Waals surface area contributed by atoms with Gasteiger partial charge in [-0.15, -0.1) is 0 Å². The molecule has 0 aliphatic carbocycles. The molecule has 0 radical (unpaired) electrons. The first-order chi connectivity index (χ1) is 18.5. The molecule has 9 nitrogen and oxygen atoms in total. The highest BCUT2D eigenvalue weighted by atomic mass is 32.2. The summed E-state index contributed by atoms with van der Waals surface area (Å²) >= 11 is 0. The van der Waals surface area contributed by atoms with E-state index in [1.54, 1.807) is 43.3 Å². The van der Waals surface area contributed by atoms with E-state index < -0.39 is 15.9 Å². The van der Waals surface area contributed by atoms with Crippen LogP contribution in [0, 0.1) is 27.7 Å². The number of amides is 1. The minimum absolute atomic E-state index is 0. The molecule has 2 aromatic heterocycles. The number of aromatic nitrogens is 2. The Kier molecular flexibility index (Phi) is 7.87. The van der Waals surface area contributed by atoms with Crippen molar-refractivity contribution in [3.8, 4) is 34.4 Å². The number of nitrogens with one attached hydrogen (secondary N) is 1. The third kappa shape index (κ3) is 5.85. The highest BCUT2D eigenvalue weighted by Gasteiger charge is 2.25. The lowest BCUT2D eigenvalue weighted by Crippen LogP contribution is -2.31. The van der Waals surface area contributed by atoms with Crippen LogP contribution < -0.4 is 18.9 Å². The van der Waals surface area contributed by atoms with E-state index in [2.05, 4.69) is 14.7 Å². The first-order valence-corrected chi connectivity index (χ1v) is 13.5. The highest BCUT2D eigenvalue weighted by Crippen LogP contribution is 2.39. The normalized spacial score (nSPS) is 11.1. The number of para-hydroxylation sites is 1. The average molecular weight is 552 g/mol. The largest absolute Gasteiger partial charge is 0.493 e. The molecular weight excluding hydrogens is 518 g/mol. The molecule has 1 N–H and O–H groups in total. The summed E-state index contributed by atoms with van der Waals surface area (Å²) in [5, 5.41) is -0.269. The fraction of sp³-hybridized carbons (Fsp3) is 0.207. The number of nitrogens with zero attached hydrogens (tertiary/aromatic N) is 2. The summed E-state index contributed by atoms with van der Waals surface area (Å²) in [5.41, 5.74) is 4.18. The van der Waals surface area contributed by atoms with Gasteiger partial charge in [-0.05, 0) is 75.2 Å². The van der Waals surface area contributed by atoms with Gasteiger partial charge in [-0.25, -0.2) is 14.7 Å². The number of hydrogen-bond donors (Lipinski definition) is 1. The van der Waals surface area contributed by atoms with Gasteiger partial charge < -0.3 is 14.2 Å². The minimum Gasteiger partial charge on any atom is -0.493 e. The van der Waals surface area contributed by atoms with Crippen LogP contribution in [0.5, 0.6) is 23.1 Å². The molecular formula is C29H33N3O6S. The number of carbonyl (C=O) groups excluding carboxylic acids is 1. The van der Waals surface area contributed by atoms with Crippen molar-refractivity contribution in [1.29, 1.82) is 0 Å². The quantitative estimate of drug-likeness (QED) is 0.292. The second kappa shape index (κ2) is 11.1. The molecule has 1 amide bonds. The topological polar surface area (TPSA) is 117 Å². The third-order valence-corrected chi connectivity index (χ3v) is 7.18. The van der Waals surface area contributed by atoms with Gasteiger partial charge in [-0.2, -0.15) is 8.42 Å². The van der Waals surface area contributed by atoms with Crippen LogP contribution in [0.15, 0.2) is 65.7 Å². The number of rotatable bonds is 8. The number of benzene rings is 2. The van der Waals surface area contributed by atoms with E-state index in [4.69, 9.17) is 14.2 Å². The molecule has 4 rings (SSSR count). The Balaban J connectivity index is 0.00000294. The smallest absolute Gasteiger partial charge is 0.281 e. The standard InChI is InChI=1S/C29H29N3O6S.2H2/c1-17-15-18(2)26(19(3)16-17)38-29-22(28(33)32-39(34,35)25-12-7-9-20(4)30-25)13-14-23(31-29)21-10-8-11-24(36-5)27(21)37-6;;/h7-16H,1-6H3,(H,32,33);2*1H. The van der Waals surface area contributed by atoms with Gasteiger partial charge >= 0.3 is 0 Å². The third-order valence-electron chi connectivity index (χ3n) is 5.95. The van der Waals surface area contributed by atoms with E-state index in [-0.39, 0.29) is 19.3 Å². The number of methoxy groups -OCH3 is 2. The predicted octanol–water partition coefficient (Wildman–Crippen LogP) is 5.80. The van der Waals surface area contributed by atoms with E-state index in [1.165, 1.54) is 26.4 Å². The molecule has 0 saturated heterocycles. The van der Waals surface area contributed by atoms with Crippen LogP contribution in [0.3, 0.4) is 0 Å². The Labute approximate surface area is 230 Å². The van der Waals surface area contributed by atoms with Crippen molar-refractivity contribution in [1.82, 2.24) is 14.7 Å². The zero-order chi connectivity index (χ0) is 28.3. The SMILES string of the molecule is COc1cccc(-c2ccc(C(=O)NS(=O)(=O)c3cccc(C)n3)c(Oc3c(C)cc(C)cc3C)n2)c1OC.[HH].[HH]. The van der Waals surface area contributed by atoms with Crippen molar-refractivity contribution >= 4 is 15.9 Å². The predicted molar refractivity (Wildman–Crippen MR) is 151 cm³/mol. The average Bonchev–Trinajstić information content (AvgIpc) is 2.89. The van der Waals surface area contributed by atoms with Crippen molar-refractivity contribution in [2.24, 2.45) is 0 Å². The number of ether oxygens (including phenoxy) is 3. The molecule has 0 fully saturated rings. The van der Waals surface area contributed by atoms with Gasteiger partial charge in [0.15, 0.2) is 16.5 Å². The maximum atomic E-state index is 13.3. The summed E-state index contributed by atoms with van der Waals surface area (Å²) in [6.45, 7) is 7.41. The van der Waals surface area contributed by atoms with Gasteiger partial charge in [0, 0.05) is 14.1 Å². The Bertz CT molecular complexity index is 1660. The van der Waals surface area contributed by atoms with Crippen molar-refractivity contribution in [3.63, 3.8) is 0 Å². The van der Waals surface area contributed by atoms with Crippen LogP contribution in [0.4, 0.5) is 0 Å². The maximum Gasteiger partial charge on any atom is 0.281 e. The summed E-state index contributed by atoms with van der Waals surface area (Å²) < 4.78 is 45.2. The molecule has 0 atom stereocenters. The van der Waals surface area contributed by atoms with Crippen LogP contribution in [0.25, 0.3) is 11.3 Å². The van der Waals surface area contributed by atoms with Crippen LogP contribution in [-0.2, 0) is 10.0 Å². The van der Waals surface area contributed by atoms with Crippen LogP contribution in [0.1, 0.15) is 35.6 Å².